The molecule has 3 atom stereocenters. The molecule has 3 aromatic rings. The van der Waals surface area contributed by atoms with Crippen LogP contribution in [-0.4, -0.2) is 12.1 Å². The van der Waals surface area contributed by atoms with E-state index in [1.54, 1.807) is 6.21 Å². The molecule has 4 nitrogen and oxygen atoms in total. The molecular formula is C27H26I2N2O2. The molecule has 0 unspecified atom stereocenters. The molecule has 2 saturated carbocycles. The smallest absolute Gasteiger partial charge is 0.244 e. The van der Waals surface area contributed by atoms with E-state index in [1.165, 1.54) is 35.6 Å². The van der Waals surface area contributed by atoms with Crippen molar-refractivity contribution < 1.29 is 9.53 Å². The molecule has 3 aromatic carbocycles. The van der Waals surface area contributed by atoms with Crippen molar-refractivity contribution in [2.75, 3.05) is 0 Å². The van der Waals surface area contributed by atoms with E-state index < -0.39 is 0 Å². The van der Waals surface area contributed by atoms with Gasteiger partial charge in [-0.05, 0) is 103 Å². The van der Waals surface area contributed by atoms with Crippen LogP contribution in [0.25, 0.3) is 10.8 Å². The second kappa shape index (κ2) is 9.52. The van der Waals surface area contributed by atoms with Crippen LogP contribution in [0.2, 0.25) is 0 Å². The Kier molecular flexibility index (Phi) is 6.66. The second-order valence-corrected chi connectivity index (χ2v) is 11.6. The number of hydrazone groups is 1. The van der Waals surface area contributed by atoms with E-state index in [-0.39, 0.29) is 17.2 Å². The van der Waals surface area contributed by atoms with Gasteiger partial charge in [0.05, 0.1) is 13.4 Å². The summed E-state index contributed by atoms with van der Waals surface area (Å²) in [6, 6.07) is 18.7. The van der Waals surface area contributed by atoms with E-state index in [0.29, 0.717) is 12.5 Å². The lowest BCUT2D eigenvalue weighted by molar-refractivity contribution is -0.123. The van der Waals surface area contributed by atoms with Crippen molar-refractivity contribution in [2.24, 2.45) is 22.4 Å². The lowest BCUT2D eigenvalue weighted by Gasteiger charge is -2.15. The minimum Gasteiger partial charge on any atom is -0.487 e. The normalized spacial score (nSPS) is 24.0. The van der Waals surface area contributed by atoms with Crippen molar-refractivity contribution in [1.29, 1.82) is 0 Å². The van der Waals surface area contributed by atoms with E-state index >= 15 is 0 Å². The topological polar surface area (TPSA) is 50.7 Å². The van der Waals surface area contributed by atoms with Crippen LogP contribution in [0.5, 0.6) is 5.75 Å². The molecule has 0 aromatic heterocycles. The Morgan fingerprint density at radius 3 is 2.67 bits per heavy atom. The van der Waals surface area contributed by atoms with Gasteiger partial charge in [-0.2, -0.15) is 5.10 Å². The molecule has 1 amide bonds. The third kappa shape index (κ3) is 4.65. The maximum absolute atomic E-state index is 12.6. The van der Waals surface area contributed by atoms with E-state index in [4.69, 9.17) is 4.74 Å². The largest absolute Gasteiger partial charge is 0.487 e. The molecule has 170 valence electrons. The summed E-state index contributed by atoms with van der Waals surface area (Å²) in [4.78, 5) is 12.6. The number of benzene rings is 3. The first-order chi connectivity index (χ1) is 16.0. The van der Waals surface area contributed by atoms with Gasteiger partial charge in [-0.15, -0.1) is 0 Å². The van der Waals surface area contributed by atoms with Crippen molar-refractivity contribution in [2.45, 2.75) is 39.2 Å². The number of carbonyl (C=O) groups is 1. The number of rotatable bonds is 6. The van der Waals surface area contributed by atoms with Gasteiger partial charge in [0.15, 0.2) is 0 Å². The van der Waals surface area contributed by atoms with Crippen LogP contribution < -0.4 is 10.2 Å². The van der Waals surface area contributed by atoms with Crippen LogP contribution in [0.4, 0.5) is 0 Å². The number of nitrogens with one attached hydrogen (secondary N) is 1. The molecule has 1 N–H and O–H groups in total. The number of halogens is 2. The third-order valence-corrected chi connectivity index (χ3v) is 8.88. The zero-order chi connectivity index (χ0) is 23.0. The monoisotopic (exact) mass is 664 g/mol. The standard InChI is InChI=1S/C27H26I2N2O2/c1-27-12-5-4-11-21(27)24(27)26(32)31-30-15-17-13-22(28)25(23(29)14-17)33-16-19-9-6-8-18-7-2-3-10-20(18)19/h2-3,6-10,13-15,21,24H,4-5,11-12,16H2,1H3,(H,31,32)/b30-15-/t21-,24-,27-/m0/s1. The molecule has 0 bridgehead atoms. The van der Waals surface area contributed by atoms with Gasteiger partial charge in [0.25, 0.3) is 0 Å². The van der Waals surface area contributed by atoms with Gasteiger partial charge >= 0.3 is 0 Å². The molecule has 2 fully saturated rings. The first-order valence-corrected chi connectivity index (χ1v) is 13.5. The van der Waals surface area contributed by atoms with Gasteiger partial charge in [-0.3, -0.25) is 4.79 Å². The Hall–Kier alpha value is -1.68. The first kappa shape index (κ1) is 23.1. The van der Waals surface area contributed by atoms with Gasteiger partial charge in [0.2, 0.25) is 5.91 Å². The molecule has 0 heterocycles. The number of ether oxygens (including phenoxy) is 1. The predicted octanol–water partition coefficient (Wildman–Crippen LogP) is 6.90. The fourth-order valence-electron chi connectivity index (χ4n) is 5.45. The molecule has 0 aliphatic heterocycles. The molecule has 33 heavy (non-hydrogen) atoms. The average Bonchev–Trinajstić information content (AvgIpc) is 3.44. The number of amides is 1. The zero-order valence-electron chi connectivity index (χ0n) is 18.5. The van der Waals surface area contributed by atoms with E-state index in [9.17, 15) is 4.79 Å². The minimum atomic E-state index is 0.0695. The maximum Gasteiger partial charge on any atom is 0.244 e. The van der Waals surface area contributed by atoms with Crippen LogP contribution in [0.1, 0.15) is 43.7 Å². The highest BCUT2D eigenvalue weighted by Gasteiger charge is 2.64. The predicted molar refractivity (Wildman–Crippen MR) is 149 cm³/mol. The van der Waals surface area contributed by atoms with E-state index in [1.807, 2.05) is 12.1 Å². The van der Waals surface area contributed by atoms with Crippen LogP contribution in [0.3, 0.4) is 0 Å². The van der Waals surface area contributed by atoms with Crippen molar-refractivity contribution in [3.05, 3.63) is 72.9 Å². The molecule has 0 radical (unpaired) electrons. The molecule has 2 aliphatic rings. The van der Waals surface area contributed by atoms with Crippen molar-refractivity contribution in [3.63, 3.8) is 0 Å². The Morgan fingerprint density at radius 2 is 1.91 bits per heavy atom. The minimum absolute atomic E-state index is 0.0695. The van der Waals surface area contributed by atoms with Crippen LogP contribution >= 0.6 is 45.2 Å². The first-order valence-electron chi connectivity index (χ1n) is 11.4. The maximum atomic E-state index is 12.6. The van der Waals surface area contributed by atoms with Gasteiger partial charge < -0.3 is 4.74 Å². The Balaban J connectivity index is 1.23. The summed E-state index contributed by atoms with van der Waals surface area (Å²) in [6.07, 6.45) is 6.56. The molecule has 2 aliphatic carbocycles. The Bertz CT molecular complexity index is 1210. The summed E-state index contributed by atoms with van der Waals surface area (Å²) in [5.74, 6) is 1.61. The zero-order valence-corrected chi connectivity index (χ0v) is 22.8. The summed E-state index contributed by atoms with van der Waals surface area (Å²) in [7, 11) is 0. The quantitative estimate of drug-likeness (QED) is 0.177. The Labute approximate surface area is 221 Å². The summed E-state index contributed by atoms with van der Waals surface area (Å²) in [5, 5.41) is 6.69. The third-order valence-electron chi connectivity index (χ3n) is 7.27. The van der Waals surface area contributed by atoms with Crippen LogP contribution in [0.15, 0.2) is 59.7 Å². The Morgan fingerprint density at radius 1 is 1.15 bits per heavy atom. The second-order valence-electron chi connectivity index (χ2n) is 9.31. The lowest BCUT2D eigenvalue weighted by atomic mass is 9.90. The van der Waals surface area contributed by atoms with Crippen LogP contribution in [0, 0.1) is 24.4 Å². The van der Waals surface area contributed by atoms with Gasteiger partial charge in [-0.1, -0.05) is 62.2 Å². The van der Waals surface area contributed by atoms with Crippen molar-refractivity contribution in [1.82, 2.24) is 5.43 Å². The number of hydrogen-bond donors (Lipinski definition) is 1. The highest BCUT2D eigenvalue weighted by Crippen LogP contribution is 2.66. The summed E-state index contributed by atoms with van der Waals surface area (Å²) in [6.45, 7) is 2.77. The van der Waals surface area contributed by atoms with Crippen LogP contribution in [-0.2, 0) is 11.4 Å². The number of fused-ring (bicyclic) bond motifs is 2. The SMILES string of the molecule is C[C@]12CCCC[C@H]1[C@H]2C(=O)N/N=C\c1cc(I)c(OCc2cccc3ccccc23)c(I)c1. The lowest BCUT2D eigenvalue weighted by Crippen LogP contribution is -2.22. The van der Waals surface area contributed by atoms with E-state index in [2.05, 4.69) is 105 Å². The highest BCUT2D eigenvalue weighted by molar-refractivity contribution is 14.1. The van der Waals surface area contributed by atoms with Crippen molar-refractivity contribution in [3.8, 4) is 5.75 Å². The fourth-order valence-corrected chi connectivity index (χ4v) is 7.58. The summed E-state index contributed by atoms with van der Waals surface area (Å²) >= 11 is 4.61. The van der Waals surface area contributed by atoms with Gasteiger partial charge in [-0.25, -0.2) is 5.43 Å². The number of hydrogen-bond acceptors (Lipinski definition) is 3. The fraction of sp³-hybridized carbons (Fsp3) is 0.333. The molecular weight excluding hydrogens is 638 g/mol. The molecule has 0 spiro atoms. The summed E-state index contributed by atoms with van der Waals surface area (Å²) < 4.78 is 8.28. The molecule has 5 rings (SSSR count). The number of carbonyl (C=O) groups excluding carboxylic acids is 1. The van der Waals surface area contributed by atoms with Gasteiger partial charge in [0.1, 0.15) is 12.4 Å². The highest BCUT2D eigenvalue weighted by atomic mass is 127. The van der Waals surface area contributed by atoms with Gasteiger partial charge in [0, 0.05) is 5.92 Å². The van der Waals surface area contributed by atoms with Crippen molar-refractivity contribution >= 4 is 68.1 Å². The summed E-state index contributed by atoms with van der Waals surface area (Å²) in [5.41, 5.74) is 5.10. The number of nitrogens with zero attached hydrogens (tertiary/aromatic N) is 1. The molecule has 0 saturated heterocycles. The van der Waals surface area contributed by atoms with E-state index in [0.717, 1.165) is 24.9 Å². The molecule has 6 heteroatoms. The average molecular weight is 664 g/mol.